The lowest BCUT2D eigenvalue weighted by Crippen LogP contribution is -2.24. The molecule has 0 N–H and O–H groups in total. The van der Waals surface area contributed by atoms with Crippen LogP contribution in [0.2, 0.25) is 0 Å². The number of imidazole rings is 1. The molecule has 1 saturated heterocycles. The maximum absolute atomic E-state index is 6.05. The fourth-order valence-corrected chi connectivity index (χ4v) is 3.21. The predicted molar refractivity (Wildman–Crippen MR) is 79.7 cm³/mol. The third-order valence-electron chi connectivity index (χ3n) is 4.01. The maximum Gasteiger partial charge on any atom is 0.124 e. The van der Waals surface area contributed by atoms with E-state index in [2.05, 4.69) is 39.6 Å². The summed E-state index contributed by atoms with van der Waals surface area (Å²) in [4.78, 5) is 7.18. The van der Waals surface area contributed by atoms with E-state index in [4.69, 9.17) is 11.6 Å². The molecule has 4 heteroatoms. The summed E-state index contributed by atoms with van der Waals surface area (Å²) in [6, 6.07) is 6.28. The standard InChI is InChI=1S/C15H20ClN3/c1-12-5-4-6-13-15(12)19(14(11-16)17-13)10-9-18-7-2-3-8-18/h4-6H,2-3,7-11H2,1H3. The largest absolute Gasteiger partial charge is 0.325 e. The molecule has 2 heterocycles. The molecule has 1 aliphatic rings. The molecular formula is C15H20ClN3. The molecule has 0 saturated carbocycles. The summed E-state index contributed by atoms with van der Waals surface area (Å²) in [6.07, 6.45) is 2.68. The van der Waals surface area contributed by atoms with Gasteiger partial charge in [-0.1, -0.05) is 12.1 Å². The Balaban J connectivity index is 1.91. The van der Waals surface area contributed by atoms with Crippen LogP contribution >= 0.6 is 11.6 Å². The number of para-hydroxylation sites is 1. The van der Waals surface area contributed by atoms with Crippen LogP contribution in [0.25, 0.3) is 11.0 Å². The number of aromatic nitrogens is 2. The highest BCUT2D eigenvalue weighted by atomic mass is 35.5. The molecule has 0 amide bonds. The van der Waals surface area contributed by atoms with Crippen molar-refractivity contribution in [1.82, 2.24) is 14.5 Å². The van der Waals surface area contributed by atoms with E-state index in [1.165, 1.54) is 37.0 Å². The fourth-order valence-electron chi connectivity index (χ4n) is 3.00. The van der Waals surface area contributed by atoms with Gasteiger partial charge in [-0.05, 0) is 44.5 Å². The molecule has 0 aliphatic carbocycles. The van der Waals surface area contributed by atoms with Gasteiger partial charge in [0.25, 0.3) is 0 Å². The van der Waals surface area contributed by atoms with Gasteiger partial charge in [-0.2, -0.15) is 0 Å². The quantitative estimate of drug-likeness (QED) is 0.801. The van der Waals surface area contributed by atoms with E-state index in [0.717, 1.165) is 24.4 Å². The van der Waals surface area contributed by atoms with Gasteiger partial charge in [-0.3, -0.25) is 0 Å². The number of alkyl halides is 1. The van der Waals surface area contributed by atoms with Crippen molar-refractivity contribution < 1.29 is 0 Å². The molecule has 19 heavy (non-hydrogen) atoms. The number of fused-ring (bicyclic) bond motifs is 1. The molecule has 1 aromatic carbocycles. The van der Waals surface area contributed by atoms with E-state index in [0.29, 0.717) is 5.88 Å². The number of halogens is 1. The summed E-state index contributed by atoms with van der Waals surface area (Å²) >= 11 is 6.05. The molecule has 1 fully saturated rings. The van der Waals surface area contributed by atoms with Gasteiger partial charge in [-0.25, -0.2) is 4.98 Å². The van der Waals surface area contributed by atoms with Crippen molar-refractivity contribution in [2.45, 2.75) is 32.2 Å². The van der Waals surface area contributed by atoms with Gasteiger partial charge in [-0.15, -0.1) is 11.6 Å². The van der Waals surface area contributed by atoms with Crippen LogP contribution in [-0.4, -0.2) is 34.1 Å². The number of hydrogen-bond acceptors (Lipinski definition) is 2. The third-order valence-corrected chi connectivity index (χ3v) is 4.24. The van der Waals surface area contributed by atoms with Gasteiger partial charge in [0.2, 0.25) is 0 Å². The Morgan fingerprint density at radius 3 is 2.74 bits per heavy atom. The molecule has 1 aromatic heterocycles. The molecule has 2 aromatic rings. The van der Waals surface area contributed by atoms with E-state index < -0.39 is 0 Å². The monoisotopic (exact) mass is 277 g/mol. The van der Waals surface area contributed by atoms with Crippen LogP contribution in [0.1, 0.15) is 24.2 Å². The smallest absolute Gasteiger partial charge is 0.124 e. The van der Waals surface area contributed by atoms with Crippen molar-refractivity contribution in [3.63, 3.8) is 0 Å². The molecule has 0 unspecified atom stereocenters. The van der Waals surface area contributed by atoms with Crippen LogP contribution in [0.3, 0.4) is 0 Å². The molecule has 0 atom stereocenters. The van der Waals surface area contributed by atoms with Crippen LogP contribution in [0, 0.1) is 6.92 Å². The summed E-state index contributed by atoms with van der Waals surface area (Å²) in [6.45, 7) is 6.71. The van der Waals surface area contributed by atoms with Crippen LogP contribution in [-0.2, 0) is 12.4 Å². The average Bonchev–Trinajstić information content (AvgIpc) is 3.03. The summed E-state index contributed by atoms with van der Waals surface area (Å²) in [5, 5.41) is 0. The topological polar surface area (TPSA) is 21.1 Å². The van der Waals surface area contributed by atoms with E-state index in [9.17, 15) is 0 Å². The lowest BCUT2D eigenvalue weighted by Gasteiger charge is -2.16. The van der Waals surface area contributed by atoms with Crippen molar-refractivity contribution in [1.29, 1.82) is 0 Å². The number of aryl methyl sites for hydroxylation is 1. The predicted octanol–water partition coefficient (Wildman–Crippen LogP) is 3.18. The highest BCUT2D eigenvalue weighted by molar-refractivity contribution is 6.16. The SMILES string of the molecule is Cc1cccc2nc(CCl)n(CCN3CCCC3)c12. The van der Waals surface area contributed by atoms with Crippen molar-refractivity contribution in [3.8, 4) is 0 Å². The molecule has 0 spiro atoms. The number of rotatable bonds is 4. The molecule has 3 rings (SSSR count). The first-order chi connectivity index (χ1) is 9.29. The number of likely N-dealkylation sites (tertiary alicyclic amines) is 1. The minimum absolute atomic E-state index is 0.480. The Labute approximate surface area is 119 Å². The molecule has 102 valence electrons. The first-order valence-corrected chi connectivity index (χ1v) is 7.56. The summed E-state index contributed by atoms with van der Waals surface area (Å²) in [5.41, 5.74) is 3.59. The Bertz CT molecular complexity index is 570. The lowest BCUT2D eigenvalue weighted by molar-refractivity contribution is 0.323. The van der Waals surface area contributed by atoms with Crippen molar-refractivity contribution in [3.05, 3.63) is 29.6 Å². The van der Waals surface area contributed by atoms with Gasteiger partial charge < -0.3 is 9.47 Å². The number of benzene rings is 1. The Hall–Kier alpha value is -1.06. The summed E-state index contributed by atoms with van der Waals surface area (Å²) in [5.74, 6) is 1.47. The minimum atomic E-state index is 0.480. The van der Waals surface area contributed by atoms with Gasteiger partial charge in [0.15, 0.2) is 0 Å². The van der Waals surface area contributed by atoms with E-state index in [1.807, 2.05) is 0 Å². The Kier molecular flexibility index (Phi) is 3.76. The van der Waals surface area contributed by atoms with Crippen LogP contribution in [0.15, 0.2) is 18.2 Å². The molecule has 1 aliphatic heterocycles. The third kappa shape index (κ3) is 2.49. The highest BCUT2D eigenvalue weighted by Crippen LogP contribution is 2.21. The zero-order valence-corrected chi connectivity index (χ0v) is 12.2. The second kappa shape index (κ2) is 5.51. The van der Waals surface area contributed by atoms with Crippen LogP contribution in [0.5, 0.6) is 0 Å². The average molecular weight is 278 g/mol. The molecule has 3 nitrogen and oxygen atoms in total. The summed E-state index contributed by atoms with van der Waals surface area (Å²) < 4.78 is 2.30. The van der Waals surface area contributed by atoms with Gasteiger partial charge in [0, 0.05) is 13.1 Å². The minimum Gasteiger partial charge on any atom is -0.325 e. The maximum atomic E-state index is 6.05. The first-order valence-electron chi connectivity index (χ1n) is 7.02. The Morgan fingerprint density at radius 2 is 2.00 bits per heavy atom. The fraction of sp³-hybridized carbons (Fsp3) is 0.533. The van der Waals surface area contributed by atoms with Crippen LogP contribution < -0.4 is 0 Å². The Morgan fingerprint density at radius 1 is 1.21 bits per heavy atom. The number of hydrogen-bond donors (Lipinski definition) is 0. The normalized spacial score (nSPS) is 16.5. The van der Waals surface area contributed by atoms with E-state index in [1.54, 1.807) is 0 Å². The lowest BCUT2D eigenvalue weighted by atomic mass is 10.2. The van der Waals surface area contributed by atoms with Gasteiger partial charge in [0.1, 0.15) is 5.82 Å². The van der Waals surface area contributed by atoms with Crippen molar-refractivity contribution in [2.24, 2.45) is 0 Å². The second-order valence-corrected chi connectivity index (χ2v) is 5.57. The molecule has 0 bridgehead atoms. The van der Waals surface area contributed by atoms with Gasteiger partial charge in [0.05, 0.1) is 16.9 Å². The number of nitrogens with zero attached hydrogens (tertiary/aromatic N) is 3. The van der Waals surface area contributed by atoms with Gasteiger partial charge >= 0.3 is 0 Å². The van der Waals surface area contributed by atoms with E-state index >= 15 is 0 Å². The first kappa shape index (κ1) is 12.9. The van der Waals surface area contributed by atoms with E-state index in [-0.39, 0.29) is 0 Å². The zero-order chi connectivity index (χ0) is 13.2. The molecular weight excluding hydrogens is 258 g/mol. The van der Waals surface area contributed by atoms with Crippen molar-refractivity contribution in [2.75, 3.05) is 19.6 Å². The highest BCUT2D eigenvalue weighted by Gasteiger charge is 2.15. The van der Waals surface area contributed by atoms with Crippen molar-refractivity contribution >= 4 is 22.6 Å². The van der Waals surface area contributed by atoms with Crippen LogP contribution in [0.4, 0.5) is 0 Å². The zero-order valence-electron chi connectivity index (χ0n) is 11.4. The second-order valence-electron chi connectivity index (χ2n) is 5.30. The summed E-state index contributed by atoms with van der Waals surface area (Å²) in [7, 11) is 0. The molecule has 0 radical (unpaired) electrons.